The first-order chi connectivity index (χ1) is 6.48. The minimum atomic E-state index is -0.621. The van der Waals surface area contributed by atoms with Gasteiger partial charge in [0.05, 0.1) is 5.60 Å². The molecule has 0 aromatic rings. The van der Waals surface area contributed by atoms with E-state index in [4.69, 9.17) is 5.73 Å². The molecule has 0 bridgehead atoms. The van der Waals surface area contributed by atoms with Crippen LogP contribution in [0.3, 0.4) is 0 Å². The Morgan fingerprint density at radius 2 is 2.14 bits per heavy atom. The fraction of sp³-hybridized carbons (Fsp3) is 0.900. The van der Waals surface area contributed by atoms with E-state index in [2.05, 4.69) is 5.32 Å². The van der Waals surface area contributed by atoms with Crippen molar-refractivity contribution in [2.24, 2.45) is 5.73 Å². The second kappa shape index (κ2) is 6.79. The van der Waals surface area contributed by atoms with Crippen LogP contribution in [0.5, 0.6) is 0 Å². The van der Waals surface area contributed by atoms with Crippen molar-refractivity contribution >= 4 is 5.91 Å². The van der Waals surface area contributed by atoms with Crippen LogP contribution in [-0.4, -0.2) is 29.7 Å². The Hall–Kier alpha value is -0.610. The number of rotatable bonds is 8. The van der Waals surface area contributed by atoms with Gasteiger partial charge in [-0.15, -0.1) is 0 Å². The van der Waals surface area contributed by atoms with Crippen molar-refractivity contribution in [3.8, 4) is 0 Å². The van der Waals surface area contributed by atoms with Crippen LogP contribution in [-0.2, 0) is 4.79 Å². The van der Waals surface area contributed by atoms with Crippen molar-refractivity contribution in [3.63, 3.8) is 0 Å². The van der Waals surface area contributed by atoms with Crippen LogP contribution in [0.4, 0.5) is 0 Å². The number of primary amides is 1. The molecule has 14 heavy (non-hydrogen) atoms. The normalized spacial score (nSPS) is 15.1. The first-order valence-corrected chi connectivity index (χ1v) is 5.19. The highest BCUT2D eigenvalue weighted by Gasteiger charge is 2.15. The van der Waals surface area contributed by atoms with E-state index in [1.54, 1.807) is 0 Å². The minimum absolute atomic E-state index is 0.245. The van der Waals surface area contributed by atoms with Gasteiger partial charge in [0.1, 0.15) is 0 Å². The zero-order valence-electron chi connectivity index (χ0n) is 9.18. The molecule has 1 atom stereocenters. The van der Waals surface area contributed by atoms with E-state index >= 15 is 0 Å². The predicted molar refractivity (Wildman–Crippen MR) is 56.8 cm³/mol. The number of aliphatic hydroxyl groups is 1. The molecule has 4 heteroatoms. The lowest BCUT2D eigenvalue weighted by Gasteiger charge is -2.21. The number of hydrogen-bond donors (Lipinski definition) is 3. The van der Waals surface area contributed by atoms with Crippen LogP contribution >= 0.6 is 0 Å². The average molecular weight is 202 g/mol. The van der Waals surface area contributed by atoms with Gasteiger partial charge in [0.15, 0.2) is 0 Å². The van der Waals surface area contributed by atoms with Gasteiger partial charge >= 0.3 is 0 Å². The van der Waals surface area contributed by atoms with Crippen LogP contribution < -0.4 is 11.1 Å². The molecule has 0 aliphatic heterocycles. The third-order valence-corrected chi connectivity index (χ3v) is 2.29. The van der Waals surface area contributed by atoms with Gasteiger partial charge in [-0.2, -0.15) is 0 Å². The third kappa shape index (κ3) is 8.01. The van der Waals surface area contributed by atoms with E-state index in [1.165, 1.54) is 0 Å². The van der Waals surface area contributed by atoms with Gasteiger partial charge in [-0.1, -0.05) is 6.92 Å². The van der Waals surface area contributed by atoms with E-state index in [0.29, 0.717) is 13.0 Å². The molecular weight excluding hydrogens is 180 g/mol. The molecule has 0 saturated heterocycles. The molecule has 0 heterocycles. The second-order valence-electron chi connectivity index (χ2n) is 3.95. The van der Waals surface area contributed by atoms with Gasteiger partial charge in [0.2, 0.25) is 5.91 Å². The zero-order valence-corrected chi connectivity index (χ0v) is 9.18. The molecule has 1 unspecified atom stereocenters. The minimum Gasteiger partial charge on any atom is -0.389 e. The Labute approximate surface area is 85.9 Å². The Morgan fingerprint density at radius 1 is 1.50 bits per heavy atom. The SMILES string of the molecule is CCC(C)(O)CNCCCCC(N)=O. The standard InChI is InChI=1S/C10H22N2O2/c1-3-10(2,14)8-12-7-5-4-6-9(11)13/h12,14H,3-8H2,1-2H3,(H2,11,13). The monoisotopic (exact) mass is 202 g/mol. The summed E-state index contributed by atoms with van der Waals surface area (Å²) in [5, 5.41) is 12.8. The number of hydrogen-bond acceptors (Lipinski definition) is 3. The molecule has 4 N–H and O–H groups in total. The van der Waals surface area contributed by atoms with Gasteiger partial charge in [-0.05, 0) is 32.7 Å². The molecule has 0 aliphatic rings. The number of nitrogens with one attached hydrogen (secondary N) is 1. The van der Waals surface area contributed by atoms with Gasteiger partial charge in [-0.25, -0.2) is 0 Å². The molecule has 0 rings (SSSR count). The lowest BCUT2D eigenvalue weighted by atomic mass is 10.0. The van der Waals surface area contributed by atoms with Crippen molar-refractivity contribution in [1.29, 1.82) is 0 Å². The predicted octanol–water partition coefficient (Wildman–Crippen LogP) is 0.393. The first-order valence-electron chi connectivity index (χ1n) is 5.19. The Morgan fingerprint density at radius 3 is 2.64 bits per heavy atom. The maximum absolute atomic E-state index is 10.4. The van der Waals surface area contributed by atoms with Crippen LogP contribution in [0.25, 0.3) is 0 Å². The fourth-order valence-corrected chi connectivity index (χ4v) is 1.03. The maximum atomic E-state index is 10.4. The van der Waals surface area contributed by atoms with Crippen molar-refractivity contribution in [1.82, 2.24) is 5.32 Å². The summed E-state index contributed by atoms with van der Waals surface area (Å²) in [4.78, 5) is 10.4. The average Bonchev–Trinajstić information content (AvgIpc) is 2.10. The highest BCUT2D eigenvalue weighted by molar-refractivity contribution is 5.73. The third-order valence-electron chi connectivity index (χ3n) is 2.29. The molecule has 0 radical (unpaired) electrons. The van der Waals surface area contributed by atoms with Gasteiger partial charge in [-0.3, -0.25) is 4.79 Å². The topological polar surface area (TPSA) is 75.3 Å². The molecule has 0 spiro atoms. The number of nitrogens with two attached hydrogens (primary N) is 1. The lowest BCUT2D eigenvalue weighted by Crippen LogP contribution is -2.37. The highest BCUT2D eigenvalue weighted by atomic mass is 16.3. The summed E-state index contributed by atoms with van der Waals surface area (Å²) in [6.45, 7) is 5.18. The summed E-state index contributed by atoms with van der Waals surface area (Å²) in [7, 11) is 0. The fourth-order valence-electron chi connectivity index (χ4n) is 1.03. The van der Waals surface area contributed by atoms with Crippen LogP contribution in [0.15, 0.2) is 0 Å². The lowest BCUT2D eigenvalue weighted by molar-refractivity contribution is -0.118. The maximum Gasteiger partial charge on any atom is 0.217 e. The van der Waals surface area contributed by atoms with Crippen molar-refractivity contribution < 1.29 is 9.90 Å². The summed E-state index contributed by atoms with van der Waals surface area (Å²) in [6.07, 6.45) is 2.92. The zero-order chi connectivity index (χ0) is 11.0. The summed E-state index contributed by atoms with van der Waals surface area (Å²) < 4.78 is 0. The van der Waals surface area contributed by atoms with Crippen LogP contribution in [0.1, 0.15) is 39.5 Å². The molecule has 4 nitrogen and oxygen atoms in total. The number of carbonyl (C=O) groups excluding carboxylic acids is 1. The number of unbranched alkanes of at least 4 members (excludes halogenated alkanes) is 1. The summed E-state index contributed by atoms with van der Waals surface area (Å²) in [6, 6.07) is 0. The summed E-state index contributed by atoms with van der Waals surface area (Å²) in [5.74, 6) is -0.245. The van der Waals surface area contributed by atoms with Gasteiger partial charge in [0, 0.05) is 13.0 Å². The van der Waals surface area contributed by atoms with E-state index in [1.807, 2.05) is 13.8 Å². The van der Waals surface area contributed by atoms with Crippen LogP contribution in [0, 0.1) is 0 Å². The van der Waals surface area contributed by atoms with E-state index in [-0.39, 0.29) is 5.91 Å². The molecule has 84 valence electrons. The molecule has 0 aliphatic carbocycles. The number of carbonyl (C=O) groups is 1. The van der Waals surface area contributed by atoms with Crippen molar-refractivity contribution in [3.05, 3.63) is 0 Å². The van der Waals surface area contributed by atoms with E-state index < -0.39 is 5.60 Å². The quantitative estimate of drug-likeness (QED) is 0.498. The second-order valence-corrected chi connectivity index (χ2v) is 3.95. The molecule has 0 aromatic heterocycles. The van der Waals surface area contributed by atoms with Crippen molar-refractivity contribution in [2.45, 2.75) is 45.1 Å². The highest BCUT2D eigenvalue weighted by Crippen LogP contribution is 2.05. The largest absolute Gasteiger partial charge is 0.389 e. The van der Waals surface area contributed by atoms with Gasteiger partial charge in [0.25, 0.3) is 0 Å². The van der Waals surface area contributed by atoms with E-state index in [9.17, 15) is 9.90 Å². The molecule has 1 amide bonds. The van der Waals surface area contributed by atoms with Gasteiger partial charge < -0.3 is 16.2 Å². The number of amides is 1. The molecule has 0 saturated carbocycles. The van der Waals surface area contributed by atoms with Crippen molar-refractivity contribution in [2.75, 3.05) is 13.1 Å². The smallest absolute Gasteiger partial charge is 0.217 e. The van der Waals surface area contributed by atoms with Crippen LogP contribution in [0.2, 0.25) is 0 Å². The first kappa shape index (κ1) is 13.4. The molecular formula is C10H22N2O2. The van der Waals surface area contributed by atoms with E-state index in [0.717, 1.165) is 25.8 Å². The Kier molecular flexibility index (Phi) is 6.49. The molecule has 0 fully saturated rings. The Balaban J connectivity index is 3.25. The Bertz CT molecular complexity index is 170. The summed E-state index contributed by atoms with van der Waals surface area (Å²) >= 11 is 0. The molecule has 0 aromatic carbocycles. The summed E-state index contributed by atoms with van der Waals surface area (Å²) in [5.41, 5.74) is 4.38.